The molecule has 2 aliphatic rings. The summed E-state index contributed by atoms with van der Waals surface area (Å²) in [5, 5.41) is 20.1. The summed E-state index contributed by atoms with van der Waals surface area (Å²) in [6, 6.07) is 0. The Morgan fingerprint density at radius 1 is 1.32 bits per heavy atom. The highest BCUT2D eigenvalue weighted by Crippen LogP contribution is 2.38. The summed E-state index contributed by atoms with van der Waals surface area (Å²) >= 11 is 0. The summed E-state index contributed by atoms with van der Waals surface area (Å²) in [6.07, 6.45) is 1.44. The van der Waals surface area contributed by atoms with Crippen molar-refractivity contribution in [1.82, 2.24) is 0 Å². The van der Waals surface area contributed by atoms with Crippen LogP contribution in [0.25, 0.3) is 0 Å². The standard InChI is InChI=1S/C23H32O8/c1-12(2)20(25)30-19-17-14(4)21(26)29-16(17)10-13(3)8-7-9-15(11-24)18(19)31-22(27)23(5,6)28/h9-10,12,16-19,24,28H,4,7-8,11H2,1-3,5-6H3/b13-10+,15-9+/t16-,17-,18+,19+/m1/s1. The van der Waals surface area contributed by atoms with Crippen LogP contribution in [0.4, 0.5) is 0 Å². The number of carbonyl (C=O) groups excluding carboxylic acids is 3. The molecule has 0 amide bonds. The lowest BCUT2D eigenvalue weighted by atomic mass is 9.83. The number of hydrogen-bond acceptors (Lipinski definition) is 8. The van der Waals surface area contributed by atoms with Gasteiger partial charge in [0.15, 0.2) is 17.8 Å². The van der Waals surface area contributed by atoms with Crippen LogP contribution in [-0.4, -0.2) is 58.6 Å². The molecule has 0 aromatic carbocycles. The smallest absolute Gasteiger partial charge is 0.338 e. The minimum atomic E-state index is -1.82. The maximum absolute atomic E-state index is 12.6. The number of allylic oxidation sites excluding steroid dienone is 2. The third-order valence-corrected chi connectivity index (χ3v) is 5.31. The van der Waals surface area contributed by atoms with Gasteiger partial charge in [0.25, 0.3) is 0 Å². The van der Waals surface area contributed by atoms with Gasteiger partial charge in [0.05, 0.1) is 18.4 Å². The van der Waals surface area contributed by atoms with Crippen LogP contribution in [0, 0.1) is 11.8 Å². The van der Waals surface area contributed by atoms with E-state index < -0.39 is 60.3 Å². The Hall–Kier alpha value is -2.45. The van der Waals surface area contributed by atoms with Gasteiger partial charge in [-0.05, 0) is 45.3 Å². The van der Waals surface area contributed by atoms with E-state index in [2.05, 4.69) is 6.58 Å². The number of carbonyl (C=O) groups is 3. The van der Waals surface area contributed by atoms with E-state index in [-0.39, 0.29) is 5.57 Å². The van der Waals surface area contributed by atoms with Gasteiger partial charge in [-0.2, -0.15) is 0 Å². The van der Waals surface area contributed by atoms with Gasteiger partial charge >= 0.3 is 17.9 Å². The molecule has 8 heteroatoms. The Morgan fingerprint density at radius 3 is 2.52 bits per heavy atom. The molecule has 8 nitrogen and oxygen atoms in total. The second kappa shape index (κ2) is 9.78. The SMILES string of the molecule is C=C1C(=O)O[C@@H]2/C=C(\C)CC/C=C(\CO)[C@H](OC(=O)C(C)(C)O)[C@@H](OC(=O)C(C)C)[C@H]12. The molecule has 1 saturated heterocycles. The lowest BCUT2D eigenvalue weighted by molar-refractivity contribution is -0.182. The molecule has 172 valence electrons. The summed E-state index contributed by atoms with van der Waals surface area (Å²) in [5.41, 5.74) is -0.485. The number of aliphatic hydroxyl groups excluding tert-OH is 1. The van der Waals surface area contributed by atoms with Gasteiger partial charge in [-0.1, -0.05) is 32.1 Å². The van der Waals surface area contributed by atoms with Crippen molar-refractivity contribution in [3.63, 3.8) is 0 Å². The molecule has 0 unspecified atom stereocenters. The second-order valence-electron chi connectivity index (χ2n) is 8.85. The van der Waals surface area contributed by atoms with Crippen molar-refractivity contribution in [1.29, 1.82) is 0 Å². The van der Waals surface area contributed by atoms with E-state index in [1.54, 1.807) is 26.0 Å². The zero-order valence-electron chi connectivity index (χ0n) is 18.7. The van der Waals surface area contributed by atoms with Crippen LogP contribution in [0.5, 0.6) is 0 Å². The number of aliphatic hydroxyl groups is 2. The number of fused-ring (bicyclic) bond motifs is 1. The molecule has 0 saturated carbocycles. The minimum Gasteiger partial charge on any atom is -0.457 e. The molecule has 0 aromatic heterocycles. The Labute approximate surface area is 182 Å². The fraction of sp³-hybridized carbons (Fsp3) is 0.609. The van der Waals surface area contributed by atoms with Gasteiger partial charge in [0, 0.05) is 5.57 Å². The van der Waals surface area contributed by atoms with Crippen LogP contribution in [0.2, 0.25) is 0 Å². The first-order valence-electron chi connectivity index (χ1n) is 10.4. The quantitative estimate of drug-likeness (QED) is 0.291. The zero-order chi connectivity index (χ0) is 23.5. The minimum absolute atomic E-state index is 0.0813. The normalized spacial score (nSPS) is 30.5. The fourth-order valence-corrected chi connectivity index (χ4v) is 3.46. The largest absolute Gasteiger partial charge is 0.457 e. The van der Waals surface area contributed by atoms with Crippen molar-refractivity contribution in [2.75, 3.05) is 6.61 Å². The first kappa shape index (κ1) is 24.8. The van der Waals surface area contributed by atoms with Crippen molar-refractivity contribution in [3.05, 3.63) is 35.5 Å². The van der Waals surface area contributed by atoms with Crippen molar-refractivity contribution >= 4 is 17.9 Å². The number of esters is 3. The lowest BCUT2D eigenvalue weighted by Crippen LogP contribution is -2.48. The highest BCUT2D eigenvalue weighted by molar-refractivity contribution is 5.91. The van der Waals surface area contributed by atoms with Gasteiger partial charge in [-0.3, -0.25) is 4.79 Å². The number of ether oxygens (including phenoxy) is 3. The molecule has 0 bridgehead atoms. The van der Waals surface area contributed by atoms with E-state index in [9.17, 15) is 24.6 Å². The third-order valence-electron chi connectivity index (χ3n) is 5.31. The van der Waals surface area contributed by atoms with E-state index in [1.807, 2.05) is 6.92 Å². The van der Waals surface area contributed by atoms with Crippen molar-refractivity contribution < 1.29 is 38.8 Å². The predicted octanol–water partition coefficient (Wildman–Crippen LogP) is 1.99. The molecule has 1 aliphatic heterocycles. The van der Waals surface area contributed by atoms with E-state index in [4.69, 9.17) is 14.2 Å². The summed E-state index contributed by atoms with van der Waals surface area (Å²) < 4.78 is 16.8. The lowest BCUT2D eigenvalue weighted by Gasteiger charge is -2.35. The van der Waals surface area contributed by atoms with Crippen LogP contribution in [0.3, 0.4) is 0 Å². The maximum Gasteiger partial charge on any atom is 0.338 e. The highest BCUT2D eigenvalue weighted by Gasteiger charge is 2.50. The first-order chi connectivity index (χ1) is 14.4. The number of hydrogen-bond donors (Lipinski definition) is 2. The summed E-state index contributed by atoms with van der Waals surface area (Å²) in [7, 11) is 0. The fourth-order valence-electron chi connectivity index (χ4n) is 3.46. The number of rotatable bonds is 5. The molecule has 1 heterocycles. The Morgan fingerprint density at radius 2 is 1.97 bits per heavy atom. The van der Waals surface area contributed by atoms with Gasteiger partial charge in [0.2, 0.25) is 0 Å². The van der Waals surface area contributed by atoms with E-state index in [1.165, 1.54) is 13.8 Å². The van der Waals surface area contributed by atoms with Gasteiger partial charge in [0.1, 0.15) is 6.10 Å². The Kier molecular flexibility index (Phi) is 7.83. The van der Waals surface area contributed by atoms with Crippen LogP contribution in [-0.2, 0) is 28.6 Å². The average molecular weight is 437 g/mol. The van der Waals surface area contributed by atoms with E-state index in [0.29, 0.717) is 18.4 Å². The van der Waals surface area contributed by atoms with Crippen molar-refractivity contribution in [2.24, 2.45) is 11.8 Å². The van der Waals surface area contributed by atoms with Gasteiger partial charge in [-0.15, -0.1) is 0 Å². The highest BCUT2D eigenvalue weighted by atomic mass is 16.6. The Balaban J connectivity index is 2.64. The van der Waals surface area contributed by atoms with Crippen LogP contribution in [0.1, 0.15) is 47.5 Å². The summed E-state index contributed by atoms with van der Waals surface area (Å²) in [5.74, 6) is -3.50. The third kappa shape index (κ3) is 5.83. The van der Waals surface area contributed by atoms with E-state index >= 15 is 0 Å². The first-order valence-corrected chi connectivity index (χ1v) is 10.4. The molecule has 4 atom stereocenters. The molecule has 1 fully saturated rings. The molecule has 0 spiro atoms. The Bertz CT molecular complexity index is 799. The predicted molar refractivity (Wildman–Crippen MR) is 112 cm³/mol. The zero-order valence-corrected chi connectivity index (χ0v) is 18.7. The summed E-state index contributed by atoms with van der Waals surface area (Å²) in [6.45, 7) is 11.1. The monoisotopic (exact) mass is 436 g/mol. The summed E-state index contributed by atoms with van der Waals surface area (Å²) in [4.78, 5) is 37.5. The molecule has 2 rings (SSSR count). The average Bonchev–Trinajstić information content (AvgIpc) is 2.93. The van der Waals surface area contributed by atoms with Crippen molar-refractivity contribution in [3.8, 4) is 0 Å². The van der Waals surface area contributed by atoms with Crippen LogP contribution < -0.4 is 0 Å². The topological polar surface area (TPSA) is 119 Å². The van der Waals surface area contributed by atoms with E-state index in [0.717, 1.165) is 5.57 Å². The molecule has 2 N–H and O–H groups in total. The second-order valence-corrected chi connectivity index (χ2v) is 8.85. The molecule has 1 aliphatic carbocycles. The molecular weight excluding hydrogens is 404 g/mol. The van der Waals surface area contributed by atoms with Gasteiger partial charge in [-0.25, -0.2) is 9.59 Å². The van der Waals surface area contributed by atoms with Crippen molar-refractivity contribution in [2.45, 2.75) is 71.4 Å². The van der Waals surface area contributed by atoms with Crippen LogP contribution >= 0.6 is 0 Å². The molecular formula is C23H32O8. The molecule has 31 heavy (non-hydrogen) atoms. The maximum atomic E-state index is 12.6. The van der Waals surface area contributed by atoms with Crippen LogP contribution in [0.15, 0.2) is 35.5 Å². The van der Waals surface area contributed by atoms with Gasteiger partial charge < -0.3 is 24.4 Å². The molecule has 0 aromatic rings. The molecule has 0 radical (unpaired) electrons.